The van der Waals surface area contributed by atoms with Crippen molar-refractivity contribution < 1.29 is 35.4 Å². The summed E-state index contributed by atoms with van der Waals surface area (Å²) in [6.45, 7) is 2.08. The van der Waals surface area contributed by atoms with Crippen LogP contribution in [0.2, 0.25) is 0 Å². The van der Waals surface area contributed by atoms with Crippen molar-refractivity contribution in [2.45, 2.75) is 30.9 Å². The third kappa shape index (κ3) is 5.27. The normalized spacial score (nSPS) is 24.0. The van der Waals surface area contributed by atoms with E-state index in [4.69, 9.17) is 13.0 Å². The summed E-state index contributed by atoms with van der Waals surface area (Å²) >= 11 is 0. The average molecular weight is 443 g/mol. The summed E-state index contributed by atoms with van der Waals surface area (Å²) in [5.41, 5.74) is -3.13. The molecule has 0 aliphatic carbocycles. The van der Waals surface area contributed by atoms with E-state index in [2.05, 4.69) is 69.6 Å². The number of carbonyl (C=O) groups excluding carboxylic acids is 1. The predicted molar refractivity (Wildman–Crippen MR) is 105 cm³/mol. The first-order valence-corrected chi connectivity index (χ1v) is 10.7. The maximum Gasteiger partial charge on any atom is 0.485 e. The number of benzene rings is 2. The first-order valence-electron chi connectivity index (χ1n) is 9.25. The minimum absolute atomic E-state index is 0.0531. The van der Waals surface area contributed by atoms with Crippen LogP contribution in [0.1, 0.15) is 36.6 Å². The highest BCUT2D eigenvalue weighted by atomic mass is 32.2. The Morgan fingerprint density at radius 3 is 1.73 bits per heavy atom. The van der Waals surface area contributed by atoms with Gasteiger partial charge in [-0.15, -0.1) is 0 Å². The number of hydrogen-bond acceptors (Lipinski definition) is 4. The third-order valence-corrected chi connectivity index (χ3v) is 6.07. The highest BCUT2D eigenvalue weighted by Gasteiger charge is 2.49. The van der Waals surface area contributed by atoms with Crippen molar-refractivity contribution in [3.05, 3.63) is 71.8 Å². The van der Waals surface area contributed by atoms with Gasteiger partial charge in [-0.1, -0.05) is 60.7 Å². The van der Waals surface area contributed by atoms with Crippen molar-refractivity contribution in [1.29, 1.82) is 0 Å². The molecule has 1 aliphatic heterocycles. The molecule has 3 rings (SSSR count). The number of rotatable bonds is 2. The molecular weight excluding hydrogens is 419 g/mol. The molecule has 0 N–H and O–H groups in total. The highest BCUT2D eigenvalue weighted by molar-refractivity contribution is 7.86. The van der Waals surface area contributed by atoms with Crippen molar-refractivity contribution >= 4 is 15.9 Å². The predicted octanol–water partition coefficient (Wildman–Crippen LogP) is 4.21. The van der Waals surface area contributed by atoms with E-state index in [1.165, 1.54) is 11.1 Å². The second-order valence-corrected chi connectivity index (χ2v) is 9.14. The summed E-state index contributed by atoms with van der Waals surface area (Å²) in [6.07, 6.45) is 0.627. The first-order chi connectivity index (χ1) is 13.8. The SMILES string of the molecule is C[C@@H]1C(=O)C[C@@H](c2ccccc2)[N+](C)(C)[C@H]1c1ccccc1.O=S(=O)([O-])C(F)(F)F. The van der Waals surface area contributed by atoms with Crippen LogP contribution in [0.5, 0.6) is 0 Å². The molecule has 1 fully saturated rings. The van der Waals surface area contributed by atoms with E-state index >= 15 is 0 Å². The number of Topliss-reactive ketones (excluding diaryl/α,β-unsaturated/α-hetero) is 1. The van der Waals surface area contributed by atoms with Crippen molar-refractivity contribution in [1.82, 2.24) is 0 Å². The Morgan fingerprint density at radius 2 is 1.33 bits per heavy atom. The molecule has 5 nitrogen and oxygen atoms in total. The molecule has 1 heterocycles. The van der Waals surface area contributed by atoms with Crippen LogP contribution >= 0.6 is 0 Å². The van der Waals surface area contributed by atoms with Crippen LogP contribution in [0.3, 0.4) is 0 Å². The lowest BCUT2D eigenvalue weighted by Gasteiger charge is -2.50. The molecule has 2 aromatic carbocycles. The number of quaternary nitrogens is 1. The summed E-state index contributed by atoms with van der Waals surface area (Å²) in [4.78, 5) is 12.6. The second kappa shape index (κ2) is 8.87. The van der Waals surface area contributed by atoms with Crippen LogP contribution in [0, 0.1) is 5.92 Å². The summed E-state index contributed by atoms with van der Waals surface area (Å²) in [6, 6.07) is 21.4. The van der Waals surface area contributed by atoms with Crippen LogP contribution in [0.25, 0.3) is 0 Å². The minimum Gasteiger partial charge on any atom is -0.741 e. The van der Waals surface area contributed by atoms with Gasteiger partial charge in [0, 0.05) is 11.1 Å². The number of nitrogens with zero attached hydrogens (tertiary/aromatic N) is 1. The molecule has 30 heavy (non-hydrogen) atoms. The zero-order valence-corrected chi connectivity index (χ0v) is 17.7. The van der Waals surface area contributed by atoms with Crippen LogP contribution in [0.15, 0.2) is 60.7 Å². The molecule has 0 aromatic heterocycles. The molecule has 1 aliphatic rings. The molecule has 0 unspecified atom stereocenters. The fourth-order valence-corrected chi connectivity index (χ4v) is 4.06. The quantitative estimate of drug-likeness (QED) is 0.396. The number of ketones is 1. The average Bonchev–Trinajstić information content (AvgIpc) is 2.65. The lowest BCUT2D eigenvalue weighted by Crippen LogP contribution is -2.54. The van der Waals surface area contributed by atoms with Crippen LogP contribution in [-0.2, 0) is 14.9 Å². The van der Waals surface area contributed by atoms with Crippen molar-refractivity contribution in [2.24, 2.45) is 5.92 Å². The standard InChI is InChI=1S/C20H24NO.CHF3O3S/c1-15-19(22)14-18(16-10-6-4-7-11-16)21(2,3)20(15)17-12-8-5-9-13-17;2-1(3,4)8(5,6)7/h4-13,15,18,20H,14H2,1-3H3;(H,5,6,7)/q+1;/p-1/t15-,18+,20-;/m1./s1. The molecule has 0 amide bonds. The van der Waals surface area contributed by atoms with Gasteiger partial charge in [0.05, 0.1) is 26.4 Å². The van der Waals surface area contributed by atoms with Gasteiger partial charge in [0.25, 0.3) is 0 Å². The Labute approximate surface area is 174 Å². The summed E-state index contributed by atoms with van der Waals surface area (Å²) in [7, 11) is -1.57. The lowest BCUT2D eigenvalue weighted by molar-refractivity contribution is -0.955. The van der Waals surface area contributed by atoms with E-state index in [-0.39, 0.29) is 18.0 Å². The summed E-state index contributed by atoms with van der Waals surface area (Å²) < 4.78 is 59.7. The molecule has 0 saturated carbocycles. The topological polar surface area (TPSA) is 74.3 Å². The fourth-order valence-electron chi connectivity index (χ4n) is 4.06. The maximum atomic E-state index is 12.6. The van der Waals surface area contributed by atoms with Crippen molar-refractivity contribution in [2.75, 3.05) is 14.1 Å². The number of halogens is 3. The van der Waals surface area contributed by atoms with Gasteiger partial charge in [-0.25, -0.2) is 8.42 Å². The maximum absolute atomic E-state index is 12.6. The zero-order valence-electron chi connectivity index (χ0n) is 16.8. The Balaban J connectivity index is 0.000000343. The fraction of sp³-hybridized carbons (Fsp3) is 0.381. The van der Waals surface area contributed by atoms with Crippen molar-refractivity contribution in [3.63, 3.8) is 0 Å². The number of piperidine rings is 1. The Bertz CT molecular complexity index is 961. The first kappa shape index (κ1) is 24.0. The summed E-state index contributed by atoms with van der Waals surface area (Å²) in [5.74, 6) is 0.428. The van der Waals surface area contributed by atoms with Gasteiger partial charge in [0.2, 0.25) is 0 Å². The van der Waals surface area contributed by atoms with E-state index in [1.807, 2.05) is 12.1 Å². The smallest absolute Gasteiger partial charge is 0.485 e. The Morgan fingerprint density at radius 1 is 0.933 bits per heavy atom. The summed E-state index contributed by atoms with van der Waals surface area (Å²) in [5, 5.41) is 0. The molecule has 2 aromatic rings. The molecular formula is C21H24F3NO4S. The largest absolute Gasteiger partial charge is 0.741 e. The Kier molecular flexibility index (Phi) is 7.11. The minimum atomic E-state index is -6.09. The monoisotopic (exact) mass is 443 g/mol. The number of carbonyl (C=O) groups is 1. The molecule has 0 bridgehead atoms. The molecule has 3 atom stereocenters. The van der Waals surface area contributed by atoms with Crippen LogP contribution < -0.4 is 0 Å². The third-order valence-electron chi connectivity index (χ3n) is 5.51. The molecule has 0 spiro atoms. The van der Waals surface area contributed by atoms with E-state index in [0.29, 0.717) is 12.2 Å². The molecule has 0 radical (unpaired) electrons. The van der Waals surface area contributed by atoms with Crippen molar-refractivity contribution in [3.8, 4) is 0 Å². The van der Waals surface area contributed by atoms with Gasteiger partial charge in [-0.2, -0.15) is 13.2 Å². The van der Waals surface area contributed by atoms with Gasteiger partial charge in [-0.05, 0) is 6.92 Å². The van der Waals surface area contributed by atoms with E-state index < -0.39 is 15.6 Å². The number of likely N-dealkylation sites (tertiary alicyclic amines) is 1. The second-order valence-electron chi connectivity index (χ2n) is 7.77. The molecule has 1 saturated heterocycles. The van der Waals surface area contributed by atoms with E-state index in [0.717, 1.165) is 4.48 Å². The van der Waals surface area contributed by atoms with E-state index in [1.54, 1.807) is 0 Å². The lowest BCUT2D eigenvalue weighted by atomic mass is 9.78. The number of hydrogen-bond donors (Lipinski definition) is 0. The molecule has 164 valence electrons. The van der Waals surface area contributed by atoms with Gasteiger partial charge in [0.1, 0.15) is 17.9 Å². The highest BCUT2D eigenvalue weighted by Crippen LogP contribution is 2.46. The zero-order chi connectivity index (χ0) is 22.7. The van der Waals surface area contributed by atoms with Gasteiger partial charge in [0.15, 0.2) is 10.1 Å². The van der Waals surface area contributed by atoms with Gasteiger partial charge < -0.3 is 9.04 Å². The van der Waals surface area contributed by atoms with Gasteiger partial charge >= 0.3 is 5.51 Å². The molecule has 9 heteroatoms. The van der Waals surface area contributed by atoms with Crippen LogP contribution in [0.4, 0.5) is 13.2 Å². The van der Waals surface area contributed by atoms with Gasteiger partial charge in [-0.3, -0.25) is 4.79 Å². The van der Waals surface area contributed by atoms with Crippen LogP contribution in [-0.4, -0.2) is 42.8 Å². The Hall–Kier alpha value is -2.23. The van der Waals surface area contributed by atoms with E-state index in [9.17, 15) is 18.0 Å². The number of alkyl halides is 3.